The van der Waals surface area contributed by atoms with E-state index in [1.54, 1.807) is 0 Å². The van der Waals surface area contributed by atoms with Crippen LogP contribution in [0.5, 0.6) is 0 Å². The summed E-state index contributed by atoms with van der Waals surface area (Å²) in [5.41, 5.74) is 2.67. The van der Waals surface area contributed by atoms with E-state index in [1.807, 2.05) is 0 Å². The number of anilines is 1. The summed E-state index contributed by atoms with van der Waals surface area (Å²) in [5.74, 6) is 0.773. The fourth-order valence-corrected chi connectivity index (χ4v) is 2.85. The van der Waals surface area contributed by atoms with E-state index < -0.39 is 0 Å². The Bertz CT molecular complexity index is 382. The quantitative estimate of drug-likeness (QED) is 0.801. The molecule has 3 heteroatoms. The molecule has 1 saturated heterocycles. The molecule has 1 aromatic rings. The largest absolute Gasteiger partial charge is 0.385 e. The van der Waals surface area contributed by atoms with Gasteiger partial charge in [-0.05, 0) is 62.6 Å². The highest BCUT2D eigenvalue weighted by Crippen LogP contribution is 2.15. The molecule has 20 heavy (non-hydrogen) atoms. The van der Waals surface area contributed by atoms with Gasteiger partial charge >= 0.3 is 0 Å². The summed E-state index contributed by atoms with van der Waals surface area (Å²) >= 11 is 0. The van der Waals surface area contributed by atoms with Gasteiger partial charge in [-0.3, -0.25) is 4.90 Å². The van der Waals surface area contributed by atoms with Crippen molar-refractivity contribution in [3.63, 3.8) is 0 Å². The minimum absolute atomic E-state index is 0.773. The summed E-state index contributed by atoms with van der Waals surface area (Å²) in [6.45, 7) is 11.2. The Morgan fingerprint density at radius 2 is 2.15 bits per heavy atom. The van der Waals surface area contributed by atoms with Gasteiger partial charge in [-0.25, -0.2) is 0 Å². The first-order valence-corrected chi connectivity index (χ1v) is 8.07. The number of benzene rings is 1. The van der Waals surface area contributed by atoms with Crippen LogP contribution in [0.15, 0.2) is 24.3 Å². The third-order valence-electron chi connectivity index (χ3n) is 4.22. The van der Waals surface area contributed by atoms with Crippen molar-refractivity contribution >= 4 is 5.69 Å². The average molecular weight is 275 g/mol. The Labute approximate surface area is 123 Å². The highest BCUT2D eigenvalue weighted by atomic mass is 15.1. The Hall–Kier alpha value is -1.06. The van der Waals surface area contributed by atoms with Gasteiger partial charge in [0.25, 0.3) is 0 Å². The van der Waals surface area contributed by atoms with Crippen molar-refractivity contribution in [2.45, 2.75) is 33.2 Å². The maximum Gasteiger partial charge on any atom is 0.0343 e. The molecule has 0 spiro atoms. The molecule has 3 nitrogen and oxygen atoms in total. The summed E-state index contributed by atoms with van der Waals surface area (Å²) in [4.78, 5) is 2.45. The number of nitrogens with zero attached hydrogens (tertiary/aromatic N) is 1. The SMILES string of the molecule is CCN(CC)Cc1cccc(NCC2CCCNC2)c1. The maximum atomic E-state index is 3.61. The van der Waals surface area contributed by atoms with Crippen LogP contribution >= 0.6 is 0 Å². The second-order valence-corrected chi connectivity index (χ2v) is 5.76. The van der Waals surface area contributed by atoms with Gasteiger partial charge in [-0.1, -0.05) is 26.0 Å². The minimum atomic E-state index is 0.773. The summed E-state index contributed by atoms with van der Waals surface area (Å²) in [6, 6.07) is 8.88. The lowest BCUT2D eigenvalue weighted by Gasteiger charge is -2.23. The van der Waals surface area contributed by atoms with Crippen molar-refractivity contribution in [2.24, 2.45) is 5.92 Å². The van der Waals surface area contributed by atoms with Crippen LogP contribution in [-0.4, -0.2) is 37.6 Å². The van der Waals surface area contributed by atoms with Crippen LogP contribution in [-0.2, 0) is 6.54 Å². The molecule has 1 aliphatic heterocycles. The lowest BCUT2D eigenvalue weighted by atomic mass is 9.99. The van der Waals surface area contributed by atoms with Gasteiger partial charge in [0, 0.05) is 18.8 Å². The van der Waals surface area contributed by atoms with Crippen molar-refractivity contribution in [1.82, 2.24) is 10.2 Å². The van der Waals surface area contributed by atoms with Gasteiger partial charge in [0.15, 0.2) is 0 Å². The highest BCUT2D eigenvalue weighted by molar-refractivity contribution is 5.45. The maximum absolute atomic E-state index is 3.61. The van der Waals surface area contributed by atoms with Crippen molar-refractivity contribution < 1.29 is 0 Å². The monoisotopic (exact) mass is 275 g/mol. The topological polar surface area (TPSA) is 27.3 Å². The predicted octanol–water partition coefficient (Wildman–Crippen LogP) is 2.94. The Morgan fingerprint density at radius 1 is 1.30 bits per heavy atom. The lowest BCUT2D eigenvalue weighted by molar-refractivity contribution is 0.296. The molecule has 0 radical (unpaired) electrons. The summed E-state index contributed by atoms with van der Waals surface area (Å²) in [6.07, 6.45) is 2.66. The Balaban J connectivity index is 1.85. The van der Waals surface area contributed by atoms with Crippen LogP contribution in [0.3, 0.4) is 0 Å². The zero-order chi connectivity index (χ0) is 14.2. The third-order valence-corrected chi connectivity index (χ3v) is 4.22. The number of rotatable bonds is 7. The molecule has 1 aliphatic rings. The van der Waals surface area contributed by atoms with Crippen molar-refractivity contribution in [1.29, 1.82) is 0 Å². The summed E-state index contributed by atoms with van der Waals surface area (Å²) in [5, 5.41) is 7.08. The molecule has 2 N–H and O–H groups in total. The fraction of sp³-hybridized carbons (Fsp3) is 0.647. The van der Waals surface area contributed by atoms with E-state index >= 15 is 0 Å². The molecule has 1 fully saturated rings. The molecular weight excluding hydrogens is 246 g/mol. The number of nitrogens with one attached hydrogen (secondary N) is 2. The van der Waals surface area contributed by atoms with Crippen molar-refractivity contribution in [3.8, 4) is 0 Å². The molecule has 0 saturated carbocycles. The van der Waals surface area contributed by atoms with Crippen LogP contribution in [0.25, 0.3) is 0 Å². The normalized spacial score (nSPS) is 19.2. The molecule has 1 aromatic carbocycles. The predicted molar refractivity (Wildman–Crippen MR) is 87.2 cm³/mol. The van der Waals surface area contributed by atoms with E-state index in [1.165, 1.54) is 30.6 Å². The van der Waals surface area contributed by atoms with Gasteiger partial charge in [0.05, 0.1) is 0 Å². The molecule has 0 bridgehead atoms. The molecule has 0 aromatic heterocycles. The molecule has 1 heterocycles. The van der Waals surface area contributed by atoms with E-state index in [9.17, 15) is 0 Å². The van der Waals surface area contributed by atoms with Gasteiger partial charge in [-0.15, -0.1) is 0 Å². The first kappa shape index (κ1) is 15.3. The third kappa shape index (κ3) is 4.80. The number of hydrogen-bond donors (Lipinski definition) is 2. The zero-order valence-electron chi connectivity index (χ0n) is 13.0. The molecule has 0 aliphatic carbocycles. The van der Waals surface area contributed by atoms with Gasteiger partial charge in [0.1, 0.15) is 0 Å². The smallest absolute Gasteiger partial charge is 0.0343 e. The molecular formula is C17H29N3. The van der Waals surface area contributed by atoms with E-state index in [0.29, 0.717) is 0 Å². The van der Waals surface area contributed by atoms with Crippen molar-refractivity contribution in [3.05, 3.63) is 29.8 Å². The molecule has 1 atom stereocenters. The van der Waals surface area contributed by atoms with Crippen LogP contribution in [0.1, 0.15) is 32.3 Å². The van der Waals surface area contributed by atoms with E-state index in [4.69, 9.17) is 0 Å². The van der Waals surface area contributed by atoms with Crippen molar-refractivity contribution in [2.75, 3.05) is 38.0 Å². The second-order valence-electron chi connectivity index (χ2n) is 5.76. The molecule has 0 amide bonds. The van der Waals surface area contributed by atoms with Crippen LogP contribution in [0.4, 0.5) is 5.69 Å². The first-order valence-electron chi connectivity index (χ1n) is 8.07. The molecule has 2 rings (SSSR count). The lowest BCUT2D eigenvalue weighted by Crippen LogP contribution is -2.33. The summed E-state index contributed by atoms with van der Waals surface area (Å²) in [7, 11) is 0. The van der Waals surface area contributed by atoms with Gasteiger partial charge < -0.3 is 10.6 Å². The zero-order valence-corrected chi connectivity index (χ0v) is 13.0. The highest BCUT2D eigenvalue weighted by Gasteiger charge is 2.12. The van der Waals surface area contributed by atoms with Crippen LogP contribution in [0.2, 0.25) is 0 Å². The molecule has 112 valence electrons. The first-order chi connectivity index (χ1) is 9.81. The fourth-order valence-electron chi connectivity index (χ4n) is 2.85. The second kappa shape index (κ2) is 8.28. The van der Waals surface area contributed by atoms with Gasteiger partial charge in [-0.2, -0.15) is 0 Å². The van der Waals surface area contributed by atoms with E-state index in [0.717, 1.165) is 38.6 Å². The number of piperidine rings is 1. The van der Waals surface area contributed by atoms with E-state index in [2.05, 4.69) is 53.6 Å². The number of hydrogen-bond acceptors (Lipinski definition) is 3. The minimum Gasteiger partial charge on any atom is -0.385 e. The average Bonchev–Trinajstić information content (AvgIpc) is 2.52. The summed E-state index contributed by atoms with van der Waals surface area (Å²) < 4.78 is 0. The standard InChI is InChI=1S/C17H29N3/c1-3-20(4-2)14-15-7-5-9-17(11-15)19-13-16-8-6-10-18-12-16/h5,7,9,11,16,18-19H,3-4,6,8,10,12-14H2,1-2H3. The molecule has 1 unspecified atom stereocenters. The van der Waals surface area contributed by atoms with Gasteiger partial charge in [0.2, 0.25) is 0 Å². The van der Waals surface area contributed by atoms with Crippen LogP contribution in [0, 0.1) is 5.92 Å². The Kier molecular flexibility index (Phi) is 6.34. The van der Waals surface area contributed by atoms with Crippen LogP contribution < -0.4 is 10.6 Å². The Morgan fingerprint density at radius 3 is 2.85 bits per heavy atom. The van der Waals surface area contributed by atoms with E-state index in [-0.39, 0.29) is 0 Å².